The SMILES string of the molecule is CCOC(=O)C(=O)N(CCO)Cc1ccccc1. The molecule has 1 rings (SSSR count). The maximum Gasteiger partial charge on any atom is 0.397 e. The third kappa shape index (κ3) is 4.18. The van der Waals surface area contributed by atoms with Crippen LogP contribution >= 0.6 is 0 Å². The van der Waals surface area contributed by atoms with E-state index in [4.69, 9.17) is 5.11 Å². The molecule has 18 heavy (non-hydrogen) atoms. The van der Waals surface area contributed by atoms with E-state index in [1.165, 1.54) is 4.90 Å². The summed E-state index contributed by atoms with van der Waals surface area (Å²) in [4.78, 5) is 24.4. The summed E-state index contributed by atoms with van der Waals surface area (Å²) in [6.07, 6.45) is 0. The zero-order valence-corrected chi connectivity index (χ0v) is 10.3. The second-order valence-electron chi connectivity index (χ2n) is 3.66. The van der Waals surface area contributed by atoms with Gasteiger partial charge in [0.15, 0.2) is 0 Å². The van der Waals surface area contributed by atoms with E-state index in [0.717, 1.165) is 5.56 Å². The van der Waals surface area contributed by atoms with Crippen molar-refractivity contribution >= 4 is 11.9 Å². The molecule has 0 saturated carbocycles. The lowest BCUT2D eigenvalue weighted by atomic mass is 10.2. The van der Waals surface area contributed by atoms with Gasteiger partial charge in [-0.15, -0.1) is 0 Å². The monoisotopic (exact) mass is 251 g/mol. The smallest absolute Gasteiger partial charge is 0.397 e. The van der Waals surface area contributed by atoms with Gasteiger partial charge in [0.2, 0.25) is 0 Å². The molecule has 0 bridgehead atoms. The van der Waals surface area contributed by atoms with Gasteiger partial charge in [0.25, 0.3) is 0 Å². The van der Waals surface area contributed by atoms with Crippen molar-refractivity contribution in [2.75, 3.05) is 19.8 Å². The Labute approximate surface area is 106 Å². The minimum absolute atomic E-state index is 0.104. The molecule has 1 amide bonds. The molecule has 0 spiro atoms. The third-order valence-corrected chi connectivity index (χ3v) is 2.32. The third-order valence-electron chi connectivity index (χ3n) is 2.32. The van der Waals surface area contributed by atoms with Crippen LogP contribution in [0.1, 0.15) is 12.5 Å². The largest absolute Gasteiger partial charge is 0.459 e. The first-order valence-corrected chi connectivity index (χ1v) is 5.79. The zero-order valence-electron chi connectivity index (χ0n) is 10.3. The first kappa shape index (κ1) is 14.2. The van der Waals surface area contributed by atoms with Crippen molar-refractivity contribution < 1.29 is 19.4 Å². The quantitative estimate of drug-likeness (QED) is 0.613. The zero-order chi connectivity index (χ0) is 13.4. The number of rotatable bonds is 5. The average molecular weight is 251 g/mol. The Balaban J connectivity index is 2.70. The van der Waals surface area contributed by atoms with Gasteiger partial charge in [-0.1, -0.05) is 30.3 Å². The van der Waals surface area contributed by atoms with E-state index >= 15 is 0 Å². The summed E-state index contributed by atoms with van der Waals surface area (Å²) in [5.74, 6) is -1.61. The highest BCUT2D eigenvalue weighted by atomic mass is 16.5. The molecule has 0 saturated heterocycles. The van der Waals surface area contributed by atoms with Gasteiger partial charge in [-0.25, -0.2) is 4.79 Å². The van der Waals surface area contributed by atoms with Crippen LogP contribution in [0.4, 0.5) is 0 Å². The minimum atomic E-state index is -0.887. The number of ether oxygens (including phenoxy) is 1. The van der Waals surface area contributed by atoms with E-state index in [9.17, 15) is 9.59 Å². The lowest BCUT2D eigenvalue weighted by molar-refractivity contribution is -0.160. The number of carbonyl (C=O) groups is 2. The summed E-state index contributed by atoms with van der Waals surface area (Å²) >= 11 is 0. The summed E-state index contributed by atoms with van der Waals surface area (Å²) in [5.41, 5.74) is 0.892. The molecule has 5 nitrogen and oxygen atoms in total. The van der Waals surface area contributed by atoms with Crippen molar-refractivity contribution in [3.8, 4) is 0 Å². The highest BCUT2D eigenvalue weighted by Crippen LogP contribution is 2.05. The Morgan fingerprint density at radius 2 is 1.94 bits per heavy atom. The van der Waals surface area contributed by atoms with Gasteiger partial charge in [-0.05, 0) is 12.5 Å². The molecule has 1 aromatic carbocycles. The van der Waals surface area contributed by atoms with Crippen molar-refractivity contribution in [2.24, 2.45) is 0 Å². The van der Waals surface area contributed by atoms with Gasteiger partial charge < -0.3 is 14.7 Å². The van der Waals surface area contributed by atoms with Crippen LogP contribution in [-0.2, 0) is 20.9 Å². The van der Waals surface area contributed by atoms with Crippen LogP contribution in [0.2, 0.25) is 0 Å². The standard InChI is InChI=1S/C13H17NO4/c1-2-18-13(17)12(16)14(8-9-15)10-11-6-4-3-5-7-11/h3-7,15H,2,8-10H2,1H3. The molecule has 0 atom stereocenters. The molecule has 0 aliphatic rings. The first-order valence-electron chi connectivity index (χ1n) is 5.79. The van der Waals surface area contributed by atoms with Gasteiger partial charge in [-0.3, -0.25) is 4.79 Å². The van der Waals surface area contributed by atoms with Gasteiger partial charge in [0, 0.05) is 13.1 Å². The Hall–Kier alpha value is -1.88. The maximum atomic E-state index is 11.8. The van der Waals surface area contributed by atoms with Gasteiger partial charge in [-0.2, -0.15) is 0 Å². The Bertz CT molecular complexity index is 391. The maximum absolute atomic E-state index is 11.8. The summed E-state index contributed by atoms with van der Waals surface area (Å²) in [5, 5.41) is 8.93. The molecule has 98 valence electrons. The van der Waals surface area contributed by atoms with Crippen LogP contribution in [0.5, 0.6) is 0 Å². The minimum Gasteiger partial charge on any atom is -0.459 e. The topological polar surface area (TPSA) is 66.8 Å². The number of carbonyl (C=O) groups excluding carboxylic acids is 2. The average Bonchev–Trinajstić information content (AvgIpc) is 2.39. The fraction of sp³-hybridized carbons (Fsp3) is 0.385. The molecule has 0 radical (unpaired) electrons. The fourth-order valence-electron chi connectivity index (χ4n) is 1.50. The number of hydrogen-bond donors (Lipinski definition) is 1. The molecule has 5 heteroatoms. The second kappa shape index (κ2) is 7.45. The number of nitrogens with zero attached hydrogens (tertiary/aromatic N) is 1. The molecule has 1 aromatic rings. The number of aliphatic hydroxyl groups excluding tert-OH is 1. The fourth-order valence-corrected chi connectivity index (χ4v) is 1.50. The van der Waals surface area contributed by atoms with E-state index in [-0.39, 0.29) is 26.3 Å². The van der Waals surface area contributed by atoms with E-state index in [2.05, 4.69) is 4.74 Å². The predicted molar refractivity (Wildman–Crippen MR) is 65.6 cm³/mol. The predicted octanol–water partition coefficient (Wildman–Crippen LogP) is 0.571. The van der Waals surface area contributed by atoms with Crippen LogP contribution in [-0.4, -0.2) is 41.6 Å². The molecule has 0 unspecified atom stereocenters. The summed E-state index contributed by atoms with van der Waals surface area (Å²) in [7, 11) is 0. The number of esters is 1. The number of amides is 1. The van der Waals surface area contributed by atoms with Gasteiger partial charge in [0.1, 0.15) is 0 Å². The van der Waals surface area contributed by atoms with E-state index in [1.54, 1.807) is 6.92 Å². The van der Waals surface area contributed by atoms with Crippen LogP contribution < -0.4 is 0 Å². The molecule has 1 N–H and O–H groups in total. The molecule has 0 aliphatic carbocycles. The molecule has 0 heterocycles. The van der Waals surface area contributed by atoms with Crippen LogP contribution in [0, 0.1) is 0 Å². The van der Waals surface area contributed by atoms with E-state index < -0.39 is 11.9 Å². The molecule has 0 fully saturated rings. The Morgan fingerprint density at radius 1 is 1.28 bits per heavy atom. The van der Waals surface area contributed by atoms with Crippen LogP contribution in [0.25, 0.3) is 0 Å². The molecular formula is C13H17NO4. The van der Waals surface area contributed by atoms with E-state index in [1.807, 2.05) is 30.3 Å². The number of hydrogen-bond acceptors (Lipinski definition) is 4. The summed E-state index contributed by atoms with van der Waals surface area (Å²) in [6, 6.07) is 9.27. The van der Waals surface area contributed by atoms with Crippen molar-refractivity contribution in [1.29, 1.82) is 0 Å². The summed E-state index contributed by atoms with van der Waals surface area (Å²) < 4.78 is 4.66. The van der Waals surface area contributed by atoms with Crippen molar-refractivity contribution in [2.45, 2.75) is 13.5 Å². The second-order valence-corrected chi connectivity index (χ2v) is 3.66. The Kier molecular flexibility index (Phi) is 5.87. The number of aliphatic hydroxyl groups is 1. The summed E-state index contributed by atoms with van der Waals surface area (Å²) in [6.45, 7) is 1.98. The number of benzene rings is 1. The highest BCUT2D eigenvalue weighted by Gasteiger charge is 2.22. The lowest BCUT2D eigenvalue weighted by Crippen LogP contribution is -2.38. The molecule has 0 aliphatic heterocycles. The van der Waals surface area contributed by atoms with E-state index in [0.29, 0.717) is 0 Å². The van der Waals surface area contributed by atoms with Gasteiger partial charge in [0.05, 0.1) is 13.2 Å². The normalized spacial score (nSPS) is 9.89. The van der Waals surface area contributed by atoms with Crippen LogP contribution in [0.3, 0.4) is 0 Å². The Morgan fingerprint density at radius 3 is 2.50 bits per heavy atom. The highest BCUT2D eigenvalue weighted by molar-refractivity contribution is 6.32. The van der Waals surface area contributed by atoms with Crippen molar-refractivity contribution in [3.63, 3.8) is 0 Å². The lowest BCUT2D eigenvalue weighted by Gasteiger charge is -2.20. The molecule has 0 aromatic heterocycles. The van der Waals surface area contributed by atoms with Crippen molar-refractivity contribution in [3.05, 3.63) is 35.9 Å². The first-order chi connectivity index (χ1) is 8.69. The van der Waals surface area contributed by atoms with Crippen molar-refractivity contribution in [1.82, 2.24) is 4.90 Å². The van der Waals surface area contributed by atoms with Gasteiger partial charge >= 0.3 is 11.9 Å². The van der Waals surface area contributed by atoms with Crippen LogP contribution in [0.15, 0.2) is 30.3 Å². The molecular weight excluding hydrogens is 234 g/mol.